The van der Waals surface area contributed by atoms with Gasteiger partial charge in [0.25, 0.3) is 0 Å². The molecule has 2 aromatic rings. The van der Waals surface area contributed by atoms with Crippen molar-refractivity contribution < 1.29 is 33.1 Å². The molecular formula is C14H20FN6O6P. The van der Waals surface area contributed by atoms with Crippen LogP contribution in [0.1, 0.15) is 19.6 Å². The van der Waals surface area contributed by atoms with Crippen molar-refractivity contribution in [3.05, 3.63) is 6.33 Å². The van der Waals surface area contributed by atoms with E-state index in [9.17, 15) is 9.67 Å². The zero-order valence-electron chi connectivity index (χ0n) is 14.8. The largest absolute Gasteiger partial charge is 0.469 e. The summed E-state index contributed by atoms with van der Waals surface area (Å²) in [5.41, 5.74) is 4.14. The molecule has 0 radical (unpaired) electrons. The molecule has 2 saturated heterocycles. The number of imidazole rings is 1. The van der Waals surface area contributed by atoms with Crippen LogP contribution in [0.3, 0.4) is 0 Å². The second-order valence-electron chi connectivity index (χ2n) is 6.98. The van der Waals surface area contributed by atoms with E-state index in [2.05, 4.69) is 19.5 Å². The Morgan fingerprint density at radius 2 is 2.18 bits per heavy atom. The molecule has 14 heteroatoms. The maximum atomic E-state index is 15.3. The number of rotatable bonds is 5. The minimum absolute atomic E-state index is 0.0170. The van der Waals surface area contributed by atoms with Gasteiger partial charge in [-0.15, -0.1) is 0 Å². The highest BCUT2D eigenvalue weighted by atomic mass is 31.2. The molecule has 0 aromatic carbocycles. The summed E-state index contributed by atoms with van der Waals surface area (Å²) in [6.07, 6.45) is -2.05. The molecule has 2 aromatic heterocycles. The van der Waals surface area contributed by atoms with Crippen LogP contribution >= 0.6 is 7.82 Å². The number of hydrogen-bond donors (Lipinski definition) is 4. The molecular weight excluding hydrogens is 398 g/mol. The molecule has 2 fully saturated rings. The van der Waals surface area contributed by atoms with Gasteiger partial charge in [0.1, 0.15) is 12.2 Å². The zero-order valence-corrected chi connectivity index (χ0v) is 15.7. The number of phosphoric acid groups is 1. The van der Waals surface area contributed by atoms with Crippen molar-refractivity contribution >= 4 is 30.8 Å². The molecule has 0 bridgehead atoms. The second kappa shape index (κ2) is 6.58. The van der Waals surface area contributed by atoms with E-state index < -0.39 is 38.5 Å². The Hall–Kier alpha value is -1.89. The Morgan fingerprint density at radius 1 is 1.46 bits per heavy atom. The average Bonchev–Trinajstić information content (AvgIpc) is 3.03. The summed E-state index contributed by atoms with van der Waals surface area (Å²) < 4.78 is 37.4. The van der Waals surface area contributed by atoms with Crippen LogP contribution < -0.4 is 10.6 Å². The minimum Gasteiger partial charge on any atom is -0.387 e. The molecule has 12 nitrogen and oxygen atoms in total. The number of aromatic nitrogens is 4. The number of aliphatic hydroxyl groups is 1. The number of anilines is 2. The third-order valence-electron chi connectivity index (χ3n) is 4.95. The molecule has 28 heavy (non-hydrogen) atoms. The van der Waals surface area contributed by atoms with Crippen LogP contribution in [0, 0.1) is 0 Å². The summed E-state index contributed by atoms with van der Waals surface area (Å²) >= 11 is 0. The Labute approximate surface area is 158 Å². The van der Waals surface area contributed by atoms with Crippen molar-refractivity contribution in [2.45, 2.75) is 37.4 Å². The van der Waals surface area contributed by atoms with Crippen molar-refractivity contribution in [3.63, 3.8) is 0 Å². The lowest BCUT2D eigenvalue weighted by molar-refractivity contribution is -0.0560. The fraction of sp³-hybridized carbons (Fsp3) is 0.643. The monoisotopic (exact) mass is 418 g/mol. The molecule has 4 rings (SSSR count). The molecule has 0 spiro atoms. The highest BCUT2D eigenvalue weighted by Gasteiger charge is 2.55. The molecule has 0 aliphatic carbocycles. The van der Waals surface area contributed by atoms with Gasteiger partial charge in [-0.2, -0.15) is 9.97 Å². The number of nitrogens with zero attached hydrogens (tertiary/aromatic N) is 5. The predicted octanol–water partition coefficient (Wildman–Crippen LogP) is -0.286. The minimum atomic E-state index is -4.80. The van der Waals surface area contributed by atoms with Gasteiger partial charge in [0, 0.05) is 13.1 Å². The van der Waals surface area contributed by atoms with Crippen molar-refractivity contribution in [1.82, 2.24) is 19.5 Å². The van der Waals surface area contributed by atoms with E-state index in [1.165, 1.54) is 10.9 Å². The SMILES string of the molecule is C[C@@]1(F)[C@H](O)[C@@H](COP(=O)(O)O)O[C@H]1n1cnc2c(N3CCC3)nc(N)nc21. The first-order valence-electron chi connectivity index (χ1n) is 8.55. The molecule has 2 aliphatic rings. The molecule has 2 aliphatic heterocycles. The van der Waals surface area contributed by atoms with E-state index >= 15 is 4.39 Å². The molecule has 154 valence electrons. The van der Waals surface area contributed by atoms with Crippen molar-refractivity contribution in [2.24, 2.45) is 0 Å². The Kier molecular flexibility index (Phi) is 4.56. The van der Waals surface area contributed by atoms with Gasteiger partial charge in [-0.3, -0.25) is 9.09 Å². The number of ether oxygens (including phenoxy) is 1. The van der Waals surface area contributed by atoms with E-state index in [-0.39, 0.29) is 11.6 Å². The Balaban J connectivity index is 1.69. The van der Waals surface area contributed by atoms with Crippen LogP contribution in [0.5, 0.6) is 0 Å². The summed E-state index contributed by atoms with van der Waals surface area (Å²) in [5.74, 6) is 0.518. The van der Waals surface area contributed by atoms with Gasteiger partial charge in [0.15, 0.2) is 28.9 Å². The smallest absolute Gasteiger partial charge is 0.387 e. The lowest BCUT2D eigenvalue weighted by Gasteiger charge is -2.32. The van der Waals surface area contributed by atoms with Crippen LogP contribution in [0.2, 0.25) is 0 Å². The summed E-state index contributed by atoms with van der Waals surface area (Å²) in [5, 5.41) is 10.3. The number of halogens is 1. The van der Waals surface area contributed by atoms with Crippen molar-refractivity contribution in [3.8, 4) is 0 Å². The molecule has 0 amide bonds. The fourth-order valence-corrected chi connectivity index (χ4v) is 3.70. The Bertz CT molecular complexity index is 946. The van der Waals surface area contributed by atoms with Crippen molar-refractivity contribution in [1.29, 1.82) is 0 Å². The number of alkyl halides is 1. The van der Waals surface area contributed by atoms with E-state index in [1.54, 1.807) is 0 Å². The molecule has 5 N–H and O–H groups in total. The lowest BCUT2D eigenvalue weighted by Crippen LogP contribution is -2.40. The summed E-state index contributed by atoms with van der Waals surface area (Å²) in [6, 6.07) is 0. The highest BCUT2D eigenvalue weighted by molar-refractivity contribution is 7.46. The summed E-state index contributed by atoms with van der Waals surface area (Å²) in [6.45, 7) is 2.01. The summed E-state index contributed by atoms with van der Waals surface area (Å²) in [7, 11) is -4.80. The fourth-order valence-electron chi connectivity index (χ4n) is 3.36. The normalized spacial score (nSPS) is 30.8. The number of aliphatic hydroxyl groups excluding tert-OH is 1. The Morgan fingerprint density at radius 3 is 2.79 bits per heavy atom. The third kappa shape index (κ3) is 3.23. The predicted molar refractivity (Wildman–Crippen MR) is 94.0 cm³/mol. The first kappa shape index (κ1) is 19.4. The number of fused-ring (bicyclic) bond motifs is 1. The zero-order chi connectivity index (χ0) is 20.3. The second-order valence-corrected chi connectivity index (χ2v) is 8.22. The van der Waals surface area contributed by atoms with Gasteiger partial charge in [-0.05, 0) is 13.3 Å². The van der Waals surface area contributed by atoms with Gasteiger partial charge >= 0.3 is 7.82 Å². The van der Waals surface area contributed by atoms with Crippen LogP contribution in [-0.4, -0.2) is 72.0 Å². The first-order chi connectivity index (χ1) is 13.1. The van der Waals surface area contributed by atoms with Gasteiger partial charge < -0.3 is 30.3 Å². The maximum Gasteiger partial charge on any atom is 0.469 e. The molecule has 4 atom stereocenters. The lowest BCUT2D eigenvalue weighted by atomic mass is 9.98. The number of hydrogen-bond acceptors (Lipinski definition) is 9. The van der Waals surface area contributed by atoms with Gasteiger partial charge in [-0.25, -0.2) is 13.9 Å². The highest BCUT2D eigenvalue weighted by Crippen LogP contribution is 2.45. The average molecular weight is 418 g/mol. The van der Waals surface area contributed by atoms with Crippen LogP contribution in [0.15, 0.2) is 6.33 Å². The van der Waals surface area contributed by atoms with E-state index in [0.717, 1.165) is 26.4 Å². The number of phosphoric ester groups is 1. The first-order valence-corrected chi connectivity index (χ1v) is 10.1. The van der Waals surface area contributed by atoms with Crippen LogP contribution in [-0.2, 0) is 13.8 Å². The third-order valence-corrected chi connectivity index (χ3v) is 5.44. The topological polar surface area (TPSA) is 169 Å². The van der Waals surface area contributed by atoms with E-state index in [0.29, 0.717) is 11.3 Å². The molecule has 0 saturated carbocycles. The van der Waals surface area contributed by atoms with Gasteiger partial charge in [0.2, 0.25) is 5.95 Å². The quantitative estimate of drug-likeness (QED) is 0.471. The van der Waals surface area contributed by atoms with Crippen molar-refractivity contribution in [2.75, 3.05) is 30.3 Å². The van der Waals surface area contributed by atoms with Crippen LogP contribution in [0.4, 0.5) is 16.2 Å². The standard InChI is InChI=1S/C14H20FN6O6P/c1-14(15)9(22)7(5-26-28(23,24)25)27-12(14)21-6-17-8-10(20-3-2-4-20)18-13(16)19-11(8)21/h6-7,9,12,22H,2-5H2,1H3,(H2,16,18,19)(H2,23,24,25)/t7-,9-,12-,14-/m1/s1. The number of nitrogens with two attached hydrogens (primary N) is 1. The van der Waals surface area contributed by atoms with E-state index in [4.69, 9.17) is 20.3 Å². The molecule has 4 heterocycles. The van der Waals surface area contributed by atoms with Crippen LogP contribution in [0.25, 0.3) is 11.2 Å². The maximum absolute atomic E-state index is 15.3. The van der Waals surface area contributed by atoms with Gasteiger partial charge in [0.05, 0.1) is 12.9 Å². The summed E-state index contributed by atoms with van der Waals surface area (Å²) in [4.78, 5) is 32.3. The number of nitrogen functional groups attached to an aromatic ring is 1. The molecule has 0 unspecified atom stereocenters. The van der Waals surface area contributed by atoms with E-state index in [1.807, 2.05) is 4.90 Å². The van der Waals surface area contributed by atoms with Gasteiger partial charge in [-0.1, -0.05) is 0 Å².